The predicted octanol–water partition coefficient (Wildman–Crippen LogP) is 3.64. The lowest BCUT2D eigenvalue weighted by molar-refractivity contribution is -0.413. The van der Waals surface area contributed by atoms with Crippen molar-refractivity contribution in [2.45, 2.75) is 102 Å². The smallest absolute Gasteiger partial charge is 0.338 e. The van der Waals surface area contributed by atoms with E-state index in [4.69, 9.17) is 28.4 Å². The molecule has 2 aromatic rings. The van der Waals surface area contributed by atoms with Crippen LogP contribution in [0.1, 0.15) is 69.7 Å². The van der Waals surface area contributed by atoms with Gasteiger partial charge in [0, 0.05) is 42.1 Å². The Kier molecular flexibility index (Phi) is 7.86. The second-order valence-electron chi connectivity index (χ2n) is 14.7. The standard InChI is InChI=1S/C37H44O11/c1-19-24(39)17-37(42)31(47-32(40)21-10-8-7-9-11-21)29-35(5)25(16-26-36(29,41)18-44-26)46-33(22-12-14-23(43-6)15-13-22)48-30(35)28(45-20(2)38)27(19)34(37,3)4/h7-15,24-26,28-31,33,39,41-42H,16-18H2,1-6H3/t24-,25-,26+,28-,29-,30-,31-,33?,35+,36-,37+/m0/s1. The number of benzene rings is 2. The zero-order valence-electron chi connectivity index (χ0n) is 28.0. The molecule has 11 heteroatoms. The Bertz CT molecular complexity index is 1620. The van der Waals surface area contributed by atoms with Crippen LogP contribution in [-0.2, 0) is 28.5 Å². The summed E-state index contributed by atoms with van der Waals surface area (Å²) < 4.78 is 37.6. The molecule has 258 valence electrons. The molecule has 2 saturated heterocycles. The molecular weight excluding hydrogens is 620 g/mol. The molecule has 0 radical (unpaired) electrons. The summed E-state index contributed by atoms with van der Waals surface area (Å²) in [6.45, 7) is 8.44. The minimum atomic E-state index is -1.95. The van der Waals surface area contributed by atoms with Crippen LogP contribution in [-0.4, -0.2) is 88.8 Å². The monoisotopic (exact) mass is 664 g/mol. The van der Waals surface area contributed by atoms with Crippen LogP contribution in [0.15, 0.2) is 65.7 Å². The topological polar surface area (TPSA) is 150 Å². The Morgan fingerprint density at radius 2 is 1.62 bits per heavy atom. The van der Waals surface area contributed by atoms with Gasteiger partial charge in [-0.25, -0.2) is 4.79 Å². The molecule has 2 aliphatic heterocycles. The number of ether oxygens (including phenoxy) is 6. The third kappa shape index (κ3) is 4.62. The Labute approximate surface area is 279 Å². The minimum Gasteiger partial charge on any atom is -0.497 e. The van der Waals surface area contributed by atoms with Crippen molar-refractivity contribution in [3.8, 4) is 5.75 Å². The van der Waals surface area contributed by atoms with E-state index in [1.165, 1.54) is 6.92 Å². The van der Waals surface area contributed by atoms with Gasteiger partial charge in [-0.15, -0.1) is 0 Å². The quantitative estimate of drug-likeness (QED) is 0.318. The molecule has 3 aliphatic carbocycles. The normalized spacial score (nSPS) is 41.0. The van der Waals surface area contributed by atoms with Gasteiger partial charge < -0.3 is 43.7 Å². The molecule has 2 heterocycles. The zero-order chi connectivity index (χ0) is 34.4. The van der Waals surface area contributed by atoms with Crippen molar-refractivity contribution >= 4 is 11.9 Å². The highest BCUT2D eigenvalue weighted by Gasteiger charge is 2.78. The Morgan fingerprint density at radius 1 is 0.938 bits per heavy atom. The van der Waals surface area contributed by atoms with E-state index in [1.54, 1.807) is 70.3 Å². The average molecular weight is 665 g/mol. The summed E-state index contributed by atoms with van der Waals surface area (Å²) in [7, 11) is 1.58. The van der Waals surface area contributed by atoms with Crippen molar-refractivity contribution in [3.63, 3.8) is 0 Å². The summed E-state index contributed by atoms with van der Waals surface area (Å²) in [4.78, 5) is 26.9. The third-order valence-corrected chi connectivity index (χ3v) is 12.0. The van der Waals surface area contributed by atoms with E-state index in [0.717, 1.165) is 0 Å². The molecule has 2 aromatic carbocycles. The van der Waals surface area contributed by atoms with Crippen molar-refractivity contribution in [2.24, 2.45) is 16.7 Å². The van der Waals surface area contributed by atoms with Gasteiger partial charge in [0.1, 0.15) is 29.2 Å². The third-order valence-electron chi connectivity index (χ3n) is 12.0. The first-order valence-corrected chi connectivity index (χ1v) is 16.5. The van der Waals surface area contributed by atoms with E-state index >= 15 is 0 Å². The largest absolute Gasteiger partial charge is 0.497 e. The van der Waals surface area contributed by atoms with Crippen LogP contribution in [0.3, 0.4) is 0 Å². The van der Waals surface area contributed by atoms with Crippen LogP contribution in [0.2, 0.25) is 0 Å². The Hall–Kier alpha value is -3.32. The molecule has 0 amide bonds. The highest BCUT2D eigenvalue weighted by Crippen LogP contribution is 2.67. The fourth-order valence-corrected chi connectivity index (χ4v) is 9.36. The van der Waals surface area contributed by atoms with E-state index in [0.29, 0.717) is 22.5 Å². The number of methoxy groups -OCH3 is 1. The van der Waals surface area contributed by atoms with Crippen LogP contribution in [0.25, 0.3) is 0 Å². The summed E-state index contributed by atoms with van der Waals surface area (Å²) in [5.74, 6) is -1.68. The number of carbonyl (C=O) groups excluding carboxylic acids is 2. The molecule has 3 N–H and O–H groups in total. The molecule has 7 rings (SSSR count). The van der Waals surface area contributed by atoms with Crippen LogP contribution in [0.5, 0.6) is 5.75 Å². The maximum absolute atomic E-state index is 13.9. The first-order chi connectivity index (χ1) is 22.7. The number of aliphatic hydroxyl groups is 3. The van der Waals surface area contributed by atoms with Crippen LogP contribution in [0.4, 0.5) is 0 Å². The summed E-state index contributed by atoms with van der Waals surface area (Å²) in [6, 6.07) is 15.7. The van der Waals surface area contributed by atoms with Gasteiger partial charge in [0.2, 0.25) is 0 Å². The van der Waals surface area contributed by atoms with Crippen LogP contribution in [0, 0.1) is 16.7 Å². The summed E-state index contributed by atoms with van der Waals surface area (Å²) in [5, 5.41) is 37.3. The maximum atomic E-state index is 13.9. The second kappa shape index (κ2) is 11.4. The van der Waals surface area contributed by atoms with Gasteiger partial charge in [0.05, 0.1) is 37.6 Å². The SMILES string of the molecule is COc1ccc(C2O[C@H]3C[C@H]4OC[C@@]4(O)[C@H]4[C@H](OC(=O)c5ccccc5)[C@]5(O)C[C@H](O)C(C)=C([C@H](OC(C)=O)[C@H](O2)[C@]34C)C5(C)C)cc1. The average Bonchev–Trinajstić information content (AvgIpc) is 3.05. The molecule has 11 nitrogen and oxygen atoms in total. The van der Waals surface area contributed by atoms with Crippen LogP contribution < -0.4 is 4.74 Å². The molecule has 4 fully saturated rings. The Balaban J connectivity index is 1.47. The van der Waals surface area contributed by atoms with Gasteiger partial charge in [0.15, 0.2) is 12.4 Å². The molecule has 5 aliphatic rings. The molecule has 2 saturated carbocycles. The lowest BCUT2D eigenvalue weighted by Crippen LogP contribution is -2.82. The van der Waals surface area contributed by atoms with E-state index in [-0.39, 0.29) is 25.0 Å². The number of hydrogen-bond acceptors (Lipinski definition) is 11. The fraction of sp³-hybridized carbons (Fsp3) is 0.568. The molecule has 1 unspecified atom stereocenters. The van der Waals surface area contributed by atoms with E-state index < -0.39 is 82.8 Å². The highest BCUT2D eigenvalue weighted by molar-refractivity contribution is 5.89. The van der Waals surface area contributed by atoms with Gasteiger partial charge in [0.25, 0.3) is 0 Å². The summed E-state index contributed by atoms with van der Waals surface area (Å²) in [6.07, 6.45) is -6.90. The first kappa shape index (κ1) is 33.2. The van der Waals surface area contributed by atoms with E-state index in [1.807, 2.05) is 19.1 Å². The Morgan fingerprint density at radius 3 is 2.23 bits per heavy atom. The highest BCUT2D eigenvalue weighted by atomic mass is 16.7. The maximum Gasteiger partial charge on any atom is 0.338 e. The minimum absolute atomic E-state index is 0.0856. The lowest BCUT2D eigenvalue weighted by Gasteiger charge is -2.70. The van der Waals surface area contributed by atoms with Gasteiger partial charge in [-0.2, -0.15) is 0 Å². The lowest BCUT2D eigenvalue weighted by atomic mass is 9.44. The van der Waals surface area contributed by atoms with Gasteiger partial charge in [-0.3, -0.25) is 4.79 Å². The van der Waals surface area contributed by atoms with Gasteiger partial charge in [-0.1, -0.05) is 51.1 Å². The van der Waals surface area contributed by atoms with Crippen molar-refractivity contribution < 1.29 is 53.3 Å². The molecule has 11 atom stereocenters. The van der Waals surface area contributed by atoms with Crippen molar-refractivity contribution in [3.05, 3.63) is 76.9 Å². The van der Waals surface area contributed by atoms with E-state index in [9.17, 15) is 24.9 Å². The second-order valence-corrected chi connectivity index (χ2v) is 14.7. The summed E-state index contributed by atoms with van der Waals surface area (Å²) >= 11 is 0. The van der Waals surface area contributed by atoms with Crippen molar-refractivity contribution in [1.29, 1.82) is 0 Å². The number of fused-ring (bicyclic) bond motifs is 4. The molecular formula is C37H44O11. The number of rotatable bonds is 5. The zero-order valence-corrected chi connectivity index (χ0v) is 28.0. The predicted molar refractivity (Wildman–Crippen MR) is 170 cm³/mol. The number of esters is 2. The first-order valence-electron chi connectivity index (χ1n) is 16.5. The summed E-state index contributed by atoms with van der Waals surface area (Å²) in [5.41, 5.74) is -4.08. The molecule has 0 spiro atoms. The number of carbonyl (C=O) groups is 2. The number of aliphatic hydroxyl groups excluding tert-OH is 1. The number of hydrogen-bond donors (Lipinski definition) is 3. The van der Waals surface area contributed by atoms with E-state index in [2.05, 4.69) is 0 Å². The molecule has 0 aromatic heterocycles. The molecule has 48 heavy (non-hydrogen) atoms. The fourth-order valence-electron chi connectivity index (χ4n) is 9.36. The van der Waals surface area contributed by atoms with Crippen LogP contribution >= 0.6 is 0 Å². The van der Waals surface area contributed by atoms with Crippen molar-refractivity contribution in [2.75, 3.05) is 13.7 Å². The van der Waals surface area contributed by atoms with Gasteiger partial charge in [-0.05, 0) is 42.3 Å². The molecule has 2 bridgehead atoms. The van der Waals surface area contributed by atoms with Gasteiger partial charge >= 0.3 is 11.9 Å². The van der Waals surface area contributed by atoms with Crippen molar-refractivity contribution in [1.82, 2.24) is 0 Å².